The van der Waals surface area contributed by atoms with Crippen LogP contribution in [0.25, 0.3) is 0 Å². The van der Waals surface area contributed by atoms with Gasteiger partial charge in [0.25, 0.3) is 0 Å². The number of hydrogen-bond donors (Lipinski definition) is 1. The molecule has 0 aromatic heterocycles. The van der Waals surface area contributed by atoms with E-state index in [4.69, 9.17) is 9.47 Å². The average Bonchev–Trinajstić information content (AvgIpc) is 3.10. The summed E-state index contributed by atoms with van der Waals surface area (Å²) in [5.41, 5.74) is 0. The summed E-state index contributed by atoms with van der Waals surface area (Å²) in [6.07, 6.45) is 52.4. The predicted octanol–water partition coefficient (Wildman–Crippen LogP) is 12.6. The Balaban J connectivity index is 3.64. The van der Waals surface area contributed by atoms with Crippen LogP contribution in [0.1, 0.15) is 174 Å². The fourth-order valence-corrected chi connectivity index (χ4v) is 5.22. The van der Waals surface area contributed by atoms with E-state index >= 15 is 0 Å². The van der Waals surface area contributed by atoms with Crippen molar-refractivity contribution in [1.29, 1.82) is 0 Å². The normalized spacial score (nSPS) is 13.0. The van der Waals surface area contributed by atoms with Gasteiger partial charge in [0.05, 0.1) is 6.61 Å². The van der Waals surface area contributed by atoms with Gasteiger partial charge in [0.2, 0.25) is 0 Å². The summed E-state index contributed by atoms with van der Waals surface area (Å²) in [5.74, 6) is -0.628. The zero-order valence-corrected chi connectivity index (χ0v) is 31.7. The Kier molecular flexibility index (Phi) is 37.6. The van der Waals surface area contributed by atoms with Crippen molar-refractivity contribution in [3.05, 3.63) is 72.9 Å². The van der Waals surface area contributed by atoms with E-state index in [0.717, 1.165) is 96.3 Å². The van der Waals surface area contributed by atoms with Crippen molar-refractivity contribution in [3.63, 3.8) is 0 Å². The van der Waals surface area contributed by atoms with Gasteiger partial charge in [0, 0.05) is 12.8 Å². The summed E-state index contributed by atoms with van der Waals surface area (Å²) in [7, 11) is 0. The van der Waals surface area contributed by atoms with Gasteiger partial charge in [-0.1, -0.05) is 151 Å². The van der Waals surface area contributed by atoms with Crippen molar-refractivity contribution in [2.75, 3.05) is 13.2 Å². The smallest absolute Gasteiger partial charge is 0.306 e. The average molecular weight is 683 g/mol. The molecule has 49 heavy (non-hydrogen) atoms. The number of allylic oxidation sites excluding steroid dienone is 12. The van der Waals surface area contributed by atoms with Crippen LogP contribution in [0.4, 0.5) is 0 Å². The zero-order chi connectivity index (χ0) is 35.7. The fraction of sp³-hybridized carbons (Fsp3) is 0.682. The molecule has 0 spiro atoms. The van der Waals surface area contributed by atoms with E-state index < -0.39 is 6.10 Å². The summed E-state index contributed by atoms with van der Waals surface area (Å²) < 4.78 is 10.6. The number of hydrogen-bond acceptors (Lipinski definition) is 5. The first-order valence-electron chi connectivity index (χ1n) is 20.0. The molecule has 0 aromatic carbocycles. The van der Waals surface area contributed by atoms with Gasteiger partial charge in [-0.3, -0.25) is 9.59 Å². The highest BCUT2D eigenvalue weighted by Crippen LogP contribution is 2.12. The van der Waals surface area contributed by atoms with Crippen LogP contribution in [0.5, 0.6) is 0 Å². The maximum atomic E-state index is 12.2. The minimum absolute atomic E-state index is 0.0815. The quantitative estimate of drug-likeness (QED) is 0.0409. The van der Waals surface area contributed by atoms with E-state index in [2.05, 4.69) is 86.8 Å². The zero-order valence-electron chi connectivity index (χ0n) is 31.7. The molecule has 1 unspecified atom stereocenters. The first-order valence-corrected chi connectivity index (χ1v) is 20.0. The monoisotopic (exact) mass is 683 g/mol. The second-order valence-corrected chi connectivity index (χ2v) is 13.0. The van der Waals surface area contributed by atoms with E-state index in [9.17, 15) is 14.7 Å². The SMILES string of the molecule is CC/C=C\C/C=C\C/C=C\C/C=C\C/C=C\CCCCCCCC(=O)OC(CO)COC(=O)CCCCCCC/C=C\CCCCCCC. The summed E-state index contributed by atoms with van der Waals surface area (Å²) in [4.78, 5) is 24.3. The van der Waals surface area contributed by atoms with E-state index in [1.165, 1.54) is 51.4 Å². The summed E-state index contributed by atoms with van der Waals surface area (Å²) in [5, 5.41) is 9.55. The van der Waals surface area contributed by atoms with Crippen LogP contribution in [0.15, 0.2) is 72.9 Å². The van der Waals surface area contributed by atoms with Crippen molar-refractivity contribution >= 4 is 11.9 Å². The van der Waals surface area contributed by atoms with E-state index in [-0.39, 0.29) is 25.2 Å². The summed E-state index contributed by atoms with van der Waals surface area (Å²) in [6, 6.07) is 0. The third-order valence-electron chi connectivity index (χ3n) is 8.23. The minimum atomic E-state index is -0.788. The molecule has 280 valence electrons. The van der Waals surface area contributed by atoms with Crippen LogP contribution in [-0.2, 0) is 19.1 Å². The Bertz CT molecular complexity index is 910. The van der Waals surface area contributed by atoms with Crippen LogP contribution in [-0.4, -0.2) is 36.4 Å². The van der Waals surface area contributed by atoms with Gasteiger partial charge in [0.1, 0.15) is 6.61 Å². The number of esters is 2. The van der Waals surface area contributed by atoms with E-state index in [0.29, 0.717) is 12.8 Å². The number of aliphatic hydroxyl groups is 1. The Morgan fingerprint density at radius 3 is 1.35 bits per heavy atom. The molecule has 0 radical (unpaired) electrons. The summed E-state index contributed by atoms with van der Waals surface area (Å²) in [6.45, 7) is 3.98. The van der Waals surface area contributed by atoms with Crippen molar-refractivity contribution in [1.82, 2.24) is 0 Å². The Hall–Kier alpha value is -2.66. The Morgan fingerprint density at radius 1 is 0.490 bits per heavy atom. The van der Waals surface area contributed by atoms with Gasteiger partial charge in [0.15, 0.2) is 6.10 Å². The maximum absolute atomic E-state index is 12.2. The molecule has 1 N–H and O–H groups in total. The molecule has 0 aliphatic carbocycles. The molecular weight excluding hydrogens is 608 g/mol. The van der Waals surface area contributed by atoms with Gasteiger partial charge >= 0.3 is 11.9 Å². The van der Waals surface area contributed by atoms with Crippen molar-refractivity contribution in [2.24, 2.45) is 0 Å². The lowest BCUT2D eigenvalue weighted by molar-refractivity contribution is -0.161. The van der Waals surface area contributed by atoms with Gasteiger partial charge in [-0.2, -0.15) is 0 Å². The fourth-order valence-electron chi connectivity index (χ4n) is 5.22. The highest BCUT2D eigenvalue weighted by atomic mass is 16.6. The van der Waals surface area contributed by atoms with Crippen LogP contribution in [0.2, 0.25) is 0 Å². The lowest BCUT2D eigenvalue weighted by atomic mass is 10.1. The highest BCUT2D eigenvalue weighted by Gasteiger charge is 2.16. The first-order chi connectivity index (χ1) is 24.1. The van der Waals surface area contributed by atoms with Gasteiger partial charge in [-0.25, -0.2) is 0 Å². The first kappa shape index (κ1) is 46.3. The lowest BCUT2D eigenvalue weighted by Crippen LogP contribution is -2.28. The lowest BCUT2D eigenvalue weighted by Gasteiger charge is -2.15. The molecule has 0 fully saturated rings. The Morgan fingerprint density at radius 2 is 0.878 bits per heavy atom. The maximum Gasteiger partial charge on any atom is 0.306 e. The van der Waals surface area contributed by atoms with Crippen molar-refractivity contribution < 1.29 is 24.2 Å². The molecule has 0 saturated heterocycles. The number of ether oxygens (including phenoxy) is 2. The second-order valence-electron chi connectivity index (χ2n) is 13.0. The molecule has 0 rings (SSSR count). The number of carbonyl (C=O) groups excluding carboxylic acids is 2. The molecule has 0 bridgehead atoms. The standard InChI is InChI=1S/C44H74O5/c1-3-5-7-9-11-13-15-17-19-20-21-22-23-24-25-27-29-31-33-35-37-39-44(47)49-42(40-45)41-48-43(46)38-36-34-32-30-28-26-18-16-14-12-10-8-6-4-2/h5,7,11,13,16-19,21-22,24-25,42,45H,3-4,6,8-10,12,14-15,20,23,26-41H2,1-2H3/b7-5-,13-11-,18-16-,19-17-,22-21-,25-24-. The topological polar surface area (TPSA) is 72.8 Å². The van der Waals surface area contributed by atoms with Gasteiger partial charge in [-0.15, -0.1) is 0 Å². The highest BCUT2D eigenvalue weighted by molar-refractivity contribution is 5.70. The third-order valence-corrected chi connectivity index (χ3v) is 8.23. The molecule has 5 nitrogen and oxygen atoms in total. The second kappa shape index (κ2) is 39.8. The summed E-state index contributed by atoms with van der Waals surface area (Å²) >= 11 is 0. The van der Waals surface area contributed by atoms with Gasteiger partial charge < -0.3 is 14.6 Å². The number of unbranched alkanes of at least 4 members (excludes halogenated alkanes) is 15. The van der Waals surface area contributed by atoms with Gasteiger partial charge in [-0.05, 0) is 83.5 Å². The number of rotatable bonds is 35. The number of carbonyl (C=O) groups is 2. The molecule has 0 amide bonds. The van der Waals surface area contributed by atoms with Crippen LogP contribution >= 0.6 is 0 Å². The van der Waals surface area contributed by atoms with E-state index in [1.54, 1.807) is 0 Å². The van der Waals surface area contributed by atoms with Crippen LogP contribution in [0.3, 0.4) is 0 Å². The third kappa shape index (κ3) is 38.0. The van der Waals surface area contributed by atoms with Crippen molar-refractivity contribution in [3.8, 4) is 0 Å². The number of aliphatic hydroxyl groups excluding tert-OH is 1. The van der Waals surface area contributed by atoms with Crippen molar-refractivity contribution in [2.45, 2.75) is 180 Å². The molecule has 0 aliphatic heterocycles. The molecule has 1 atom stereocenters. The molecule has 5 heteroatoms. The molecule has 0 aromatic rings. The largest absolute Gasteiger partial charge is 0.462 e. The predicted molar refractivity (Wildman–Crippen MR) is 210 cm³/mol. The van der Waals surface area contributed by atoms with Crippen LogP contribution < -0.4 is 0 Å². The van der Waals surface area contributed by atoms with Crippen LogP contribution in [0, 0.1) is 0 Å². The molecular formula is C44H74O5. The minimum Gasteiger partial charge on any atom is -0.462 e. The molecule has 0 aliphatic rings. The molecule has 0 saturated carbocycles. The molecule has 0 heterocycles. The Labute approximate surface area is 302 Å². The van der Waals surface area contributed by atoms with E-state index in [1.807, 2.05) is 0 Å².